The van der Waals surface area contributed by atoms with Crippen LogP contribution >= 0.6 is 0 Å². The molecular weight excluding hydrogens is 380 g/mol. The van der Waals surface area contributed by atoms with Gasteiger partial charge in [0, 0.05) is 31.8 Å². The van der Waals surface area contributed by atoms with Crippen LogP contribution in [0, 0.1) is 10.1 Å². The second-order valence-electron chi connectivity index (χ2n) is 6.28. The maximum absolute atomic E-state index is 12.5. The van der Waals surface area contributed by atoms with Gasteiger partial charge in [-0.3, -0.25) is 19.8 Å². The summed E-state index contributed by atoms with van der Waals surface area (Å²) in [7, 11) is 1.42. The predicted octanol–water partition coefficient (Wildman–Crippen LogP) is 1.96. The van der Waals surface area contributed by atoms with E-state index in [4.69, 9.17) is 14.2 Å². The predicted molar refractivity (Wildman–Crippen MR) is 105 cm³/mol. The standard InChI is InChI=1S/C19H22N4O6/c1-27-15-3-4-17(23(25)26)16(12-15)19(24)21-14-2-5-18(20-13-14)29-11-8-22-6-9-28-10-7-22/h2-5,12-13H,6-11H2,1H3,(H,21,24). The highest BCUT2D eigenvalue weighted by Crippen LogP contribution is 2.25. The van der Waals surface area contributed by atoms with E-state index in [1.807, 2.05) is 0 Å². The molecule has 2 heterocycles. The third-order valence-electron chi connectivity index (χ3n) is 4.40. The molecule has 0 spiro atoms. The monoisotopic (exact) mass is 402 g/mol. The van der Waals surface area contributed by atoms with Gasteiger partial charge in [-0.15, -0.1) is 0 Å². The molecule has 29 heavy (non-hydrogen) atoms. The molecule has 0 saturated carbocycles. The highest BCUT2D eigenvalue weighted by atomic mass is 16.6. The molecule has 0 aliphatic carbocycles. The van der Waals surface area contributed by atoms with Gasteiger partial charge in [-0.05, 0) is 18.2 Å². The van der Waals surface area contributed by atoms with E-state index in [-0.39, 0.29) is 11.3 Å². The molecule has 0 radical (unpaired) electrons. The van der Waals surface area contributed by atoms with Crippen LogP contribution in [0.25, 0.3) is 0 Å². The number of hydrogen-bond donors (Lipinski definition) is 1. The zero-order chi connectivity index (χ0) is 20.6. The lowest BCUT2D eigenvalue weighted by atomic mass is 10.1. The normalized spacial score (nSPS) is 14.2. The van der Waals surface area contributed by atoms with Crippen molar-refractivity contribution in [2.24, 2.45) is 0 Å². The van der Waals surface area contributed by atoms with E-state index in [0.717, 1.165) is 32.8 Å². The molecule has 10 heteroatoms. The van der Waals surface area contributed by atoms with E-state index in [9.17, 15) is 14.9 Å². The molecule has 3 rings (SSSR count). The molecule has 0 bridgehead atoms. The number of nitrogens with one attached hydrogen (secondary N) is 1. The summed E-state index contributed by atoms with van der Waals surface area (Å²) in [6.07, 6.45) is 1.44. The summed E-state index contributed by atoms with van der Waals surface area (Å²) in [6.45, 7) is 4.52. The first-order valence-corrected chi connectivity index (χ1v) is 9.09. The number of aromatic nitrogens is 1. The lowest BCUT2D eigenvalue weighted by Gasteiger charge is -2.26. The molecule has 10 nitrogen and oxygen atoms in total. The van der Waals surface area contributed by atoms with E-state index in [1.165, 1.54) is 31.5 Å². The summed E-state index contributed by atoms with van der Waals surface area (Å²) in [5.74, 6) is 0.157. The number of carbonyl (C=O) groups is 1. The number of hydrogen-bond acceptors (Lipinski definition) is 8. The van der Waals surface area contributed by atoms with Crippen molar-refractivity contribution in [1.29, 1.82) is 0 Å². The summed E-state index contributed by atoms with van der Waals surface area (Å²) < 4.78 is 16.0. The molecular formula is C19H22N4O6. The summed E-state index contributed by atoms with van der Waals surface area (Å²) in [6, 6.07) is 7.25. The van der Waals surface area contributed by atoms with E-state index in [1.54, 1.807) is 12.1 Å². The lowest BCUT2D eigenvalue weighted by molar-refractivity contribution is -0.385. The molecule has 0 atom stereocenters. The van der Waals surface area contributed by atoms with Crippen LogP contribution in [0.2, 0.25) is 0 Å². The third kappa shape index (κ3) is 5.62. The average molecular weight is 402 g/mol. The lowest BCUT2D eigenvalue weighted by Crippen LogP contribution is -2.38. The number of nitro groups is 1. The number of ether oxygens (including phenoxy) is 3. The Labute approximate surface area is 167 Å². The van der Waals surface area contributed by atoms with Gasteiger partial charge in [-0.1, -0.05) is 0 Å². The highest BCUT2D eigenvalue weighted by Gasteiger charge is 2.21. The molecule has 0 unspecified atom stereocenters. The number of carbonyl (C=O) groups excluding carboxylic acids is 1. The first-order valence-electron chi connectivity index (χ1n) is 9.09. The van der Waals surface area contributed by atoms with Crippen LogP contribution in [0.4, 0.5) is 11.4 Å². The highest BCUT2D eigenvalue weighted by molar-refractivity contribution is 6.07. The van der Waals surface area contributed by atoms with Crippen LogP contribution in [0.1, 0.15) is 10.4 Å². The van der Waals surface area contributed by atoms with Crippen LogP contribution in [-0.4, -0.2) is 67.3 Å². The molecule has 1 amide bonds. The smallest absolute Gasteiger partial charge is 0.282 e. The van der Waals surface area contributed by atoms with Crippen molar-refractivity contribution in [3.63, 3.8) is 0 Å². The van der Waals surface area contributed by atoms with Crippen molar-refractivity contribution in [3.8, 4) is 11.6 Å². The zero-order valence-corrected chi connectivity index (χ0v) is 16.0. The minimum absolute atomic E-state index is 0.0970. The van der Waals surface area contributed by atoms with Crippen LogP contribution in [0.15, 0.2) is 36.5 Å². The Morgan fingerprint density at radius 1 is 1.31 bits per heavy atom. The fraction of sp³-hybridized carbons (Fsp3) is 0.368. The molecule has 1 saturated heterocycles. The second kappa shape index (κ2) is 9.80. The fourth-order valence-electron chi connectivity index (χ4n) is 2.83. The Balaban J connectivity index is 1.58. The molecule has 1 aliphatic rings. The van der Waals surface area contributed by atoms with E-state index in [0.29, 0.717) is 23.9 Å². The molecule has 1 aliphatic heterocycles. The number of anilines is 1. The van der Waals surface area contributed by atoms with Crippen molar-refractivity contribution in [1.82, 2.24) is 9.88 Å². The minimum atomic E-state index is -0.626. The van der Waals surface area contributed by atoms with Crippen LogP contribution in [0.5, 0.6) is 11.6 Å². The number of rotatable bonds is 8. The van der Waals surface area contributed by atoms with Crippen molar-refractivity contribution >= 4 is 17.3 Å². The quantitative estimate of drug-likeness (QED) is 0.526. The largest absolute Gasteiger partial charge is 0.497 e. The Kier molecular flexibility index (Phi) is 6.93. The van der Waals surface area contributed by atoms with Gasteiger partial charge in [-0.2, -0.15) is 0 Å². The van der Waals surface area contributed by atoms with E-state index in [2.05, 4.69) is 15.2 Å². The van der Waals surface area contributed by atoms with Gasteiger partial charge in [0.05, 0.1) is 37.1 Å². The molecule has 154 valence electrons. The Bertz CT molecular complexity index is 852. The Hall–Kier alpha value is -3.24. The number of pyridine rings is 1. The third-order valence-corrected chi connectivity index (χ3v) is 4.40. The fourth-order valence-corrected chi connectivity index (χ4v) is 2.83. The average Bonchev–Trinajstić information content (AvgIpc) is 2.75. The second-order valence-corrected chi connectivity index (χ2v) is 6.28. The number of nitro benzene ring substituents is 1. The number of nitrogens with zero attached hydrogens (tertiary/aromatic N) is 3. The Morgan fingerprint density at radius 3 is 2.76 bits per heavy atom. The van der Waals surface area contributed by atoms with Crippen molar-refractivity contribution in [2.45, 2.75) is 0 Å². The molecule has 1 N–H and O–H groups in total. The maximum atomic E-state index is 12.5. The van der Waals surface area contributed by atoms with Gasteiger partial charge < -0.3 is 19.5 Å². The van der Waals surface area contributed by atoms with Crippen molar-refractivity contribution in [3.05, 3.63) is 52.2 Å². The summed E-state index contributed by atoms with van der Waals surface area (Å²) >= 11 is 0. The summed E-state index contributed by atoms with van der Waals surface area (Å²) in [4.78, 5) is 29.5. The number of amides is 1. The van der Waals surface area contributed by atoms with Gasteiger partial charge >= 0.3 is 0 Å². The molecule has 1 aromatic carbocycles. The van der Waals surface area contributed by atoms with Crippen LogP contribution < -0.4 is 14.8 Å². The SMILES string of the molecule is COc1ccc([N+](=O)[O-])c(C(=O)Nc2ccc(OCCN3CCOCC3)nc2)c1. The topological polar surface area (TPSA) is 116 Å². The Morgan fingerprint density at radius 2 is 2.10 bits per heavy atom. The molecule has 2 aromatic rings. The van der Waals surface area contributed by atoms with Crippen LogP contribution in [0.3, 0.4) is 0 Å². The van der Waals surface area contributed by atoms with Crippen molar-refractivity contribution in [2.75, 3.05) is 51.9 Å². The first kappa shape index (κ1) is 20.5. The van der Waals surface area contributed by atoms with Crippen LogP contribution in [-0.2, 0) is 4.74 Å². The summed E-state index contributed by atoms with van der Waals surface area (Å²) in [5, 5.41) is 13.8. The molecule has 1 aromatic heterocycles. The van der Waals surface area contributed by atoms with E-state index < -0.39 is 10.8 Å². The maximum Gasteiger partial charge on any atom is 0.282 e. The van der Waals surface area contributed by atoms with E-state index >= 15 is 0 Å². The first-order chi connectivity index (χ1) is 14.1. The van der Waals surface area contributed by atoms with Gasteiger partial charge in [0.15, 0.2) is 0 Å². The van der Waals surface area contributed by atoms with Gasteiger partial charge in [0.2, 0.25) is 5.88 Å². The zero-order valence-electron chi connectivity index (χ0n) is 16.0. The van der Waals surface area contributed by atoms with Gasteiger partial charge in [-0.25, -0.2) is 4.98 Å². The molecule has 1 fully saturated rings. The van der Waals surface area contributed by atoms with Gasteiger partial charge in [0.25, 0.3) is 11.6 Å². The van der Waals surface area contributed by atoms with Crippen molar-refractivity contribution < 1.29 is 23.9 Å². The number of methoxy groups -OCH3 is 1. The van der Waals surface area contributed by atoms with Gasteiger partial charge in [0.1, 0.15) is 17.9 Å². The number of morpholine rings is 1. The minimum Gasteiger partial charge on any atom is -0.497 e. The summed E-state index contributed by atoms with van der Waals surface area (Å²) in [5.41, 5.74) is -0.00726. The number of benzene rings is 1.